The number of pyridine rings is 1. The third kappa shape index (κ3) is 4.42. The largest absolute Gasteiger partial charge is 0.441 e. The zero-order valence-electron chi connectivity index (χ0n) is 18.4. The quantitative estimate of drug-likeness (QED) is 0.567. The Morgan fingerprint density at radius 1 is 1.12 bits per heavy atom. The first-order chi connectivity index (χ1) is 16.0. The molecule has 0 saturated carbocycles. The van der Waals surface area contributed by atoms with E-state index >= 15 is 0 Å². The molecule has 4 heterocycles. The van der Waals surface area contributed by atoms with Crippen LogP contribution in [-0.4, -0.2) is 58.4 Å². The van der Waals surface area contributed by atoms with Gasteiger partial charge >= 0.3 is 6.03 Å². The number of nitrogens with zero attached hydrogens (tertiary/aromatic N) is 3. The minimum absolute atomic E-state index is 0.0278. The number of aromatic nitrogens is 2. The van der Waals surface area contributed by atoms with Gasteiger partial charge in [0.1, 0.15) is 19.2 Å². The van der Waals surface area contributed by atoms with Gasteiger partial charge in [-0.15, -0.1) is 0 Å². The van der Waals surface area contributed by atoms with Gasteiger partial charge in [0.05, 0.1) is 12.2 Å². The van der Waals surface area contributed by atoms with Crippen molar-refractivity contribution in [2.45, 2.75) is 56.8 Å². The summed E-state index contributed by atoms with van der Waals surface area (Å²) in [6.45, 7) is 0.352. The Hall–Kier alpha value is -3.07. The van der Waals surface area contributed by atoms with E-state index < -0.39 is 19.4 Å². The van der Waals surface area contributed by atoms with Crippen molar-refractivity contribution in [2.24, 2.45) is 0 Å². The summed E-state index contributed by atoms with van der Waals surface area (Å²) >= 11 is 0. The zero-order valence-corrected chi connectivity index (χ0v) is 18.4. The molecule has 2 aliphatic rings. The number of hydrogen-bond donors (Lipinski definition) is 2. The highest BCUT2D eigenvalue weighted by atomic mass is 19.1. The van der Waals surface area contributed by atoms with Crippen LogP contribution in [0.25, 0.3) is 22.1 Å². The Kier molecular flexibility index (Phi) is 5.97. The van der Waals surface area contributed by atoms with Crippen LogP contribution in [0.5, 0.6) is 0 Å². The Bertz CT molecular complexity index is 1130. The standard InChI is InChI=1S/C24H27F2N5O2/c1-14-27-13-22(33-14)15-2-3-16-12-28-23(7-17(16)6-15)30-24(32)31-20-4-5-21(31)9-18(8-20)29-19(10-25)11-26/h2-3,6-7,12-13,18-21,29H,4-5,8-11H2,1H3,(H,28,30,32)/t18-,20+,21-. The molecule has 2 amide bonds. The van der Waals surface area contributed by atoms with E-state index in [0.717, 1.165) is 29.2 Å². The lowest BCUT2D eigenvalue weighted by Crippen LogP contribution is -2.54. The lowest BCUT2D eigenvalue weighted by molar-refractivity contribution is 0.133. The van der Waals surface area contributed by atoms with Crippen LogP contribution >= 0.6 is 0 Å². The Balaban J connectivity index is 1.29. The van der Waals surface area contributed by atoms with Gasteiger partial charge in [0, 0.05) is 42.2 Å². The highest BCUT2D eigenvalue weighted by Crippen LogP contribution is 2.36. The molecule has 2 aromatic heterocycles. The summed E-state index contributed by atoms with van der Waals surface area (Å²) in [5.41, 5.74) is 0.902. The normalized spacial score (nSPS) is 22.3. The van der Waals surface area contributed by atoms with Gasteiger partial charge in [-0.05, 0) is 43.2 Å². The van der Waals surface area contributed by atoms with Crippen LogP contribution in [0.1, 0.15) is 31.6 Å². The molecule has 2 fully saturated rings. The number of benzene rings is 1. The highest BCUT2D eigenvalue weighted by molar-refractivity contribution is 5.93. The molecule has 3 aromatic rings. The maximum Gasteiger partial charge on any atom is 0.323 e. The minimum atomic E-state index is -0.762. The second kappa shape index (κ2) is 9.05. The Morgan fingerprint density at radius 3 is 2.55 bits per heavy atom. The molecule has 5 rings (SSSR count). The van der Waals surface area contributed by atoms with Gasteiger partial charge in [-0.3, -0.25) is 5.32 Å². The number of halogens is 2. The van der Waals surface area contributed by atoms with E-state index in [2.05, 4.69) is 20.6 Å². The molecule has 1 aromatic carbocycles. The van der Waals surface area contributed by atoms with Crippen molar-refractivity contribution in [1.82, 2.24) is 20.2 Å². The summed E-state index contributed by atoms with van der Waals surface area (Å²) in [4.78, 5) is 23.5. The first-order valence-electron chi connectivity index (χ1n) is 11.3. The number of oxazole rings is 1. The molecular formula is C24H27F2N5O2. The summed E-state index contributed by atoms with van der Waals surface area (Å²) in [5, 5.41) is 7.90. The van der Waals surface area contributed by atoms with Crippen molar-refractivity contribution in [3.05, 3.63) is 42.5 Å². The van der Waals surface area contributed by atoms with Gasteiger partial charge < -0.3 is 14.6 Å². The second-order valence-electron chi connectivity index (χ2n) is 8.94. The molecule has 33 heavy (non-hydrogen) atoms. The molecular weight excluding hydrogens is 428 g/mol. The topological polar surface area (TPSA) is 83.3 Å². The molecule has 2 N–H and O–H groups in total. The average molecular weight is 456 g/mol. The smallest absolute Gasteiger partial charge is 0.323 e. The van der Waals surface area contributed by atoms with E-state index in [-0.39, 0.29) is 24.2 Å². The number of rotatable bonds is 6. The molecule has 9 heteroatoms. The van der Waals surface area contributed by atoms with Gasteiger partial charge in [-0.25, -0.2) is 23.5 Å². The van der Waals surface area contributed by atoms with Gasteiger partial charge in [0.15, 0.2) is 11.7 Å². The molecule has 0 unspecified atom stereocenters. The number of carbonyl (C=O) groups is 1. The third-order valence-electron chi connectivity index (χ3n) is 6.67. The van der Waals surface area contributed by atoms with Gasteiger partial charge in [-0.2, -0.15) is 0 Å². The molecule has 2 saturated heterocycles. The van der Waals surface area contributed by atoms with E-state index in [0.29, 0.717) is 30.3 Å². The number of hydrogen-bond acceptors (Lipinski definition) is 5. The van der Waals surface area contributed by atoms with Crippen molar-refractivity contribution in [3.63, 3.8) is 0 Å². The predicted octanol–water partition coefficient (Wildman–Crippen LogP) is 4.62. The number of anilines is 1. The lowest BCUT2D eigenvalue weighted by atomic mass is 9.97. The molecule has 2 bridgehead atoms. The Morgan fingerprint density at radius 2 is 1.88 bits per heavy atom. The zero-order chi connectivity index (χ0) is 22.9. The van der Waals surface area contributed by atoms with E-state index in [1.165, 1.54) is 0 Å². The van der Waals surface area contributed by atoms with Crippen LogP contribution in [0.15, 0.2) is 41.1 Å². The molecule has 0 aliphatic carbocycles. The third-order valence-corrected chi connectivity index (χ3v) is 6.67. The van der Waals surface area contributed by atoms with Crippen LogP contribution in [0.3, 0.4) is 0 Å². The number of urea groups is 1. The SMILES string of the molecule is Cc1ncc(-c2ccc3cnc(NC(=O)N4[C@@H]5CC[C@H]4C[C@@H](NC(CF)CF)C5)cc3c2)o1. The number of piperidine rings is 1. The number of nitrogens with one attached hydrogen (secondary N) is 2. The van der Waals surface area contributed by atoms with Crippen LogP contribution in [0.2, 0.25) is 0 Å². The van der Waals surface area contributed by atoms with Gasteiger partial charge in [0.25, 0.3) is 0 Å². The molecule has 0 spiro atoms. The summed E-state index contributed by atoms with van der Waals surface area (Å²) in [7, 11) is 0. The summed E-state index contributed by atoms with van der Waals surface area (Å²) in [5.74, 6) is 1.77. The van der Waals surface area contributed by atoms with Crippen LogP contribution in [-0.2, 0) is 0 Å². The summed E-state index contributed by atoms with van der Waals surface area (Å²) < 4.78 is 31.4. The number of aryl methyl sites for hydroxylation is 1. The first-order valence-corrected chi connectivity index (χ1v) is 11.3. The van der Waals surface area contributed by atoms with E-state index in [4.69, 9.17) is 4.42 Å². The molecule has 2 aliphatic heterocycles. The maximum atomic E-state index is 13.1. The number of carbonyl (C=O) groups excluding carboxylic acids is 1. The Labute approximate surface area is 190 Å². The van der Waals surface area contributed by atoms with E-state index in [9.17, 15) is 13.6 Å². The summed E-state index contributed by atoms with van der Waals surface area (Å²) in [6, 6.07) is 6.95. The van der Waals surface area contributed by atoms with Gasteiger partial charge in [0.2, 0.25) is 0 Å². The van der Waals surface area contributed by atoms with Crippen LogP contribution < -0.4 is 10.6 Å². The molecule has 3 atom stereocenters. The number of amides is 2. The highest BCUT2D eigenvalue weighted by Gasteiger charge is 2.43. The monoisotopic (exact) mass is 455 g/mol. The fourth-order valence-corrected chi connectivity index (χ4v) is 5.14. The van der Waals surface area contributed by atoms with E-state index in [1.54, 1.807) is 19.3 Å². The van der Waals surface area contributed by atoms with Crippen LogP contribution in [0, 0.1) is 6.92 Å². The van der Waals surface area contributed by atoms with Crippen molar-refractivity contribution >= 4 is 22.6 Å². The first kappa shape index (κ1) is 21.8. The lowest BCUT2D eigenvalue weighted by Gasteiger charge is -2.39. The fourth-order valence-electron chi connectivity index (χ4n) is 5.14. The summed E-state index contributed by atoms with van der Waals surface area (Å²) in [6.07, 6.45) is 6.63. The van der Waals surface area contributed by atoms with Crippen molar-refractivity contribution < 1.29 is 18.0 Å². The molecule has 7 nitrogen and oxygen atoms in total. The van der Waals surface area contributed by atoms with Gasteiger partial charge in [-0.1, -0.05) is 12.1 Å². The van der Waals surface area contributed by atoms with E-state index in [1.807, 2.05) is 29.2 Å². The average Bonchev–Trinajstić information content (AvgIpc) is 3.37. The van der Waals surface area contributed by atoms with Crippen molar-refractivity contribution in [2.75, 3.05) is 18.7 Å². The fraction of sp³-hybridized carbons (Fsp3) is 0.458. The van der Waals surface area contributed by atoms with Crippen molar-refractivity contribution in [3.8, 4) is 11.3 Å². The molecule has 174 valence electrons. The van der Waals surface area contributed by atoms with Crippen molar-refractivity contribution in [1.29, 1.82) is 0 Å². The minimum Gasteiger partial charge on any atom is -0.441 e. The predicted molar refractivity (Wildman–Crippen MR) is 122 cm³/mol. The van der Waals surface area contributed by atoms with Crippen LogP contribution in [0.4, 0.5) is 19.4 Å². The second-order valence-corrected chi connectivity index (χ2v) is 8.94. The number of fused-ring (bicyclic) bond motifs is 3. The molecule has 0 radical (unpaired) electrons. The maximum absolute atomic E-state index is 13.1. The number of alkyl halides is 2.